The third kappa shape index (κ3) is 2.87. The number of hydrogen-bond acceptors (Lipinski definition) is 2. The van der Waals surface area contributed by atoms with Gasteiger partial charge in [-0.3, -0.25) is 0 Å². The Bertz CT molecular complexity index is 593. The van der Waals surface area contributed by atoms with Crippen molar-refractivity contribution in [2.45, 2.75) is 13.8 Å². The number of aryl methyl sites for hydroxylation is 2. The maximum Gasteiger partial charge on any atom is 0.137 e. The van der Waals surface area contributed by atoms with Gasteiger partial charge in [0.05, 0.1) is 5.56 Å². The minimum absolute atomic E-state index is 0.345. The first-order valence-electron chi connectivity index (χ1n) is 5.71. The van der Waals surface area contributed by atoms with Crippen LogP contribution in [0.4, 0.5) is 0 Å². The van der Waals surface area contributed by atoms with E-state index >= 15 is 0 Å². The maximum atomic E-state index is 5.86. The van der Waals surface area contributed by atoms with Gasteiger partial charge in [0.25, 0.3) is 0 Å². The molecule has 92 valence electrons. The van der Waals surface area contributed by atoms with E-state index < -0.39 is 0 Å². The van der Waals surface area contributed by atoms with Gasteiger partial charge in [0.2, 0.25) is 0 Å². The van der Waals surface area contributed by atoms with E-state index in [1.807, 2.05) is 56.3 Å². The Morgan fingerprint density at radius 3 is 2.44 bits per heavy atom. The van der Waals surface area contributed by atoms with Crippen molar-refractivity contribution in [1.82, 2.24) is 0 Å². The molecule has 0 unspecified atom stereocenters. The second kappa shape index (κ2) is 5.19. The standard InChI is InChI=1S/C15H15NOS/c1-10-4-3-5-12(8-10)17-14-9-11(2)6-7-13(14)15(16)18/h3-9H,1-2H3,(H2,16,18). The Morgan fingerprint density at radius 2 is 1.78 bits per heavy atom. The van der Waals surface area contributed by atoms with Crippen LogP contribution in [0.1, 0.15) is 16.7 Å². The van der Waals surface area contributed by atoms with E-state index in [1.165, 1.54) is 0 Å². The average molecular weight is 257 g/mol. The molecule has 0 aliphatic carbocycles. The molecule has 2 N–H and O–H groups in total. The highest BCUT2D eigenvalue weighted by Crippen LogP contribution is 2.27. The predicted octanol–water partition coefficient (Wildman–Crippen LogP) is 3.73. The fraction of sp³-hybridized carbons (Fsp3) is 0.133. The van der Waals surface area contributed by atoms with E-state index in [-0.39, 0.29) is 0 Å². The van der Waals surface area contributed by atoms with Gasteiger partial charge in [-0.25, -0.2) is 0 Å². The summed E-state index contributed by atoms with van der Waals surface area (Å²) in [5.41, 5.74) is 8.72. The van der Waals surface area contributed by atoms with Crippen molar-refractivity contribution in [3.8, 4) is 11.5 Å². The van der Waals surface area contributed by atoms with E-state index in [9.17, 15) is 0 Å². The molecule has 3 heteroatoms. The molecule has 2 rings (SSSR count). The largest absolute Gasteiger partial charge is 0.457 e. The predicted molar refractivity (Wildman–Crippen MR) is 78.3 cm³/mol. The summed E-state index contributed by atoms with van der Waals surface area (Å²) in [5.74, 6) is 1.49. The normalized spacial score (nSPS) is 10.1. The van der Waals surface area contributed by atoms with Crippen LogP contribution in [0, 0.1) is 13.8 Å². The van der Waals surface area contributed by atoms with Crippen molar-refractivity contribution in [2.75, 3.05) is 0 Å². The van der Waals surface area contributed by atoms with Gasteiger partial charge >= 0.3 is 0 Å². The van der Waals surface area contributed by atoms with Crippen molar-refractivity contribution in [1.29, 1.82) is 0 Å². The van der Waals surface area contributed by atoms with Crippen molar-refractivity contribution in [3.63, 3.8) is 0 Å². The Kier molecular flexibility index (Phi) is 3.63. The van der Waals surface area contributed by atoms with Crippen molar-refractivity contribution in [3.05, 3.63) is 59.2 Å². The van der Waals surface area contributed by atoms with Crippen molar-refractivity contribution in [2.24, 2.45) is 5.73 Å². The van der Waals surface area contributed by atoms with Crippen LogP contribution in [0.5, 0.6) is 11.5 Å². The van der Waals surface area contributed by atoms with Crippen LogP contribution in [0.3, 0.4) is 0 Å². The van der Waals surface area contributed by atoms with E-state index in [2.05, 4.69) is 0 Å². The number of nitrogens with two attached hydrogens (primary N) is 1. The molecule has 0 amide bonds. The lowest BCUT2D eigenvalue weighted by atomic mass is 10.1. The molecule has 0 aliphatic heterocycles. The van der Waals surface area contributed by atoms with Gasteiger partial charge in [-0.05, 0) is 49.2 Å². The van der Waals surface area contributed by atoms with Crippen LogP contribution >= 0.6 is 12.2 Å². The van der Waals surface area contributed by atoms with Crippen molar-refractivity contribution < 1.29 is 4.74 Å². The lowest BCUT2D eigenvalue weighted by molar-refractivity contribution is 0.481. The van der Waals surface area contributed by atoms with Gasteiger partial charge in [-0.15, -0.1) is 0 Å². The Balaban J connectivity index is 2.39. The summed E-state index contributed by atoms with van der Waals surface area (Å²) in [6, 6.07) is 13.7. The molecule has 0 aliphatic rings. The van der Waals surface area contributed by atoms with Crippen LogP contribution in [-0.4, -0.2) is 4.99 Å². The van der Waals surface area contributed by atoms with Gasteiger partial charge in [0, 0.05) is 0 Å². The molecule has 18 heavy (non-hydrogen) atoms. The zero-order valence-corrected chi connectivity index (χ0v) is 11.3. The van der Waals surface area contributed by atoms with Gasteiger partial charge in [0.1, 0.15) is 16.5 Å². The molecule has 0 saturated heterocycles. The van der Waals surface area contributed by atoms with E-state index in [0.717, 1.165) is 22.4 Å². The molecule has 0 radical (unpaired) electrons. The highest BCUT2D eigenvalue weighted by atomic mass is 32.1. The molecular weight excluding hydrogens is 242 g/mol. The molecule has 0 bridgehead atoms. The zero-order valence-electron chi connectivity index (χ0n) is 10.4. The third-order valence-corrected chi connectivity index (χ3v) is 2.84. The van der Waals surface area contributed by atoms with Gasteiger partial charge in [-0.2, -0.15) is 0 Å². The molecule has 2 aromatic rings. The first-order chi connectivity index (χ1) is 8.56. The second-order valence-electron chi connectivity index (χ2n) is 4.28. The summed E-state index contributed by atoms with van der Waals surface area (Å²) in [6.07, 6.45) is 0. The minimum atomic E-state index is 0.345. The summed E-state index contributed by atoms with van der Waals surface area (Å²) >= 11 is 5.03. The molecule has 0 fully saturated rings. The number of hydrogen-bond donors (Lipinski definition) is 1. The second-order valence-corrected chi connectivity index (χ2v) is 4.72. The molecule has 0 atom stereocenters. The van der Waals surface area contributed by atoms with E-state index in [1.54, 1.807) is 0 Å². The lowest BCUT2D eigenvalue weighted by Crippen LogP contribution is -2.10. The zero-order chi connectivity index (χ0) is 13.1. The number of rotatable bonds is 3. The molecule has 0 heterocycles. The van der Waals surface area contributed by atoms with Crippen molar-refractivity contribution >= 4 is 17.2 Å². The molecule has 0 aromatic heterocycles. The molecular formula is C15H15NOS. The van der Waals surface area contributed by atoms with E-state index in [0.29, 0.717) is 10.7 Å². The monoisotopic (exact) mass is 257 g/mol. The summed E-state index contributed by atoms with van der Waals surface area (Å²) < 4.78 is 5.86. The first kappa shape index (κ1) is 12.6. The molecule has 2 aromatic carbocycles. The topological polar surface area (TPSA) is 35.2 Å². The number of ether oxygens (including phenoxy) is 1. The molecule has 0 spiro atoms. The van der Waals surface area contributed by atoms with Gasteiger partial charge < -0.3 is 10.5 Å². The fourth-order valence-corrected chi connectivity index (χ4v) is 1.89. The van der Waals surface area contributed by atoms with Gasteiger partial charge in [0.15, 0.2) is 0 Å². The van der Waals surface area contributed by atoms with Crippen LogP contribution in [-0.2, 0) is 0 Å². The van der Waals surface area contributed by atoms with E-state index in [4.69, 9.17) is 22.7 Å². The minimum Gasteiger partial charge on any atom is -0.457 e. The summed E-state index contributed by atoms with van der Waals surface area (Å²) in [4.78, 5) is 0.345. The quantitative estimate of drug-likeness (QED) is 0.851. The van der Waals surface area contributed by atoms with Crippen LogP contribution in [0.25, 0.3) is 0 Å². The van der Waals surface area contributed by atoms with Crippen LogP contribution in [0.2, 0.25) is 0 Å². The van der Waals surface area contributed by atoms with Gasteiger partial charge in [-0.1, -0.05) is 30.4 Å². The molecule has 2 nitrogen and oxygen atoms in total. The smallest absolute Gasteiger partial charge is 0.137 e. The third-order valence-electron chi connectivity index (χ3n) is 2.62. The average Bonchev–Trinajstić information content (AvgIpc) is 2.28. The molecule has 0 saturated carbocycles. The highest BCUT2D eigenvalue weighted by molar-refractivity contribution is 7.80. The maximum absolute atomic E-state index is 5.86. The highest BCUT2D eigenvalue weighted by Gasteiger charge is 2.08. The number of benzene rings is 2. The first-order valence-corrected chi connectivity index (χ1v) is 6.12. The summed E-state index contributed by atoms with van der Waals surface area (Å²) in [7, 11) is 0. The Labute approximate surface area is 112 Å². The van der Waals surface area contributed by atoms with Crippen LogP contribution < -0.4 is 10.5 Å². The fourth-order valence-electron chi connectivity index (χ4n) is 1.72. The SMILES string of the molecule is Cc1cccc(Oc2cc(C)ccc2C(N)=S)c1. The summed E-state index contributed by atoms with van der Waals surface area (Å²) in [6.45, 7) is 4.03. The van der Waals surface area contributed by atoms with Crippen LogP contribution in [0.15, 0.2) is 42.5 Å². The Hall–Kier alpha value is -1.87. The number of thiocarbonyl (C=S) groups is 1. The summed E-state index contributed by atoms with van der Waals surface area (Å²) in [5, 5.41) is 0. The Morgan fingerprint density at radius 1 is 1.06 bits per heavy atom. The lowest BCUT2D eigenvalue weighted by Gasteiger charge is -2.11.